The Bertz CT molecular complexity index is 1380. The lowest BCUT2D eigenvalue weighted by atomic mass is 10.2. The number of H-pyrrole nitrogens is 1. The fourth-order valence-corrected chi connectivity index (χ4v) is 3.75. The molecule has 0 saturated heterocycles. The number of aromatic amines is 1. The quantitative estimate of drug-likeness (QED) is 0.372. The van der Waals surface area contributed by atoms with Gasteiger partial charge in [-0.15, -0.1) is 10.2 Å². The molecule has 0 aliphatic heterocycles. The van der Waals surface area contributed by atoms with Crippen molar-refractivity contribution in [1.29, 1.82) is 0 Å². The molecule has 0 spiro atoms. The maximum absolute atomic E-state index is 12.9. The topological polar surface area (TPSA) is 132 Å². The van der Waals surface area contributed by atoms with Crippen LogP contribution < -0.4 is 21.9 Å². The molecule has 0 radical (unpaired) electrons. The standard InChI is InChI=1S/C23H23ClN6O4/c1-33-12-11-30-20(25)19(21(31)26-23(30)32)29(13-15-7-3-2-4-8-15)14-18-27-28-22(34-18)16-9-5-6-10-17(16)24/h2-10H,11-14,25H2,1H3,(H,26,31,32). The number of aromatic nitrogens is 4. The molecule has 0 aliphatic rings. The van der Waals surface area contributed by atoms with Gasteiger partial charge in [-0.2, -0.15) is 0 Å². The lowest BCUT2D eigenvalue weighted by Crippen LogP contribution is -2.38. The van der Waals surface area contributed by atoms with E-state index < -0.39 is 11.2 Å². The van der Waals surface area contributed by atoms with Gasteiger partial charge in [0.25, 0.3) is 5.56 Å². The molecule has 4 aromatic rings. The second kappa shape index (κ2) is 10.4. The molecule has 2 aromatic heterocycles. The fourth-order valence-electron chi connectivity index (χ4n) is 3.53. The van der Waals surface area contributed by atoms with Gasteiger partial charge in [0.1, 0.15) is 11.5 Å². The first-order valence-electron chi connectivity index (χ1n) is 10.5. The van der Waals surface area contributed by atoms with Crippen LogP contribution >= 0.6 is 11.6 Å². The van der Waals surface area contributed by atoms with Crippen LogP contribution in [0.15, 0.2) is 68.6 Å². The fraction of sp³-hybridized carbons (Fsp3) is 0.217. The summed E-state index contributed by atoms with van der Waals surface area (Å²) >= 11 is 6.25. The molecule has 0 fully saturated rings. The molecule has 0 amide bonds. The summed E-state index contributed by atoms with van der Waals surface area (Å²) < 4.78 is 12.2. The minimum absolute atomic E-state index is 0.0209. The monoisotopic (exact) mass is 482 g/mol. The number of ether oxygens (including phenoxy) is 1. The molecule has 176 valence electrons. The van der Waals surface area contributed by atoms with Crippen LogP contribution in [0.2, 0.25) is 5.02 Å². The van der Waals surface area contributed by atoms with E-state index in [2.05, 4.69) is 15.2 Å². The molecule has 3 N–H and O–H groups in total. The average molecular weight is 483 g/mol. The van der Waals surface area contributed by atoms with Gasteiger partial charge >= 0.3 is 5.69 Å². The van der Waals surface area contributed by atoms with Gasteiger partial charge in [-0.1, -0.05) is 54.1 Å². The average Bonchev–Trinajstić information content (AvgIpc) is 3.28. The lowest BCUT2D eigenvalue weighted by molar-refractivity contribution is 0.186. The summed E-state index contributed by atoms with van der Waals surface area (Å²) in [6, 6.07) is 16.6. The van der Waals surface area contributed by atoms with Gasteiger partial charge in [0.05, 0.1) is 30.3 Å². The first kappa shape index (κ1) is 23.3. The number of nitrogen functional groups attached to an aromatic ring is 1. The van der Waals surface area contributed by atoms with Crippen molar-refractivity contribution in [3.63, 3.8) is 0 Å². The van der Waals surface area contributed by atoms with Crippen LogP contribution in [-0.4, -0.2) is 33.5 Å². The molecule has 0 atom stereocenters. The third-order valence-corrected chi connectivity index (χ3v) is 5.49. The van der Waals surface area contributed by atoms with Crippen LogP contribution in [0.1, 0.15) is 11.5 Å². The Kier molecular flexibility index (Phi) is 7.09. The molecule has 4 rings (SSSR count). The number of halogens is 1. The number of benzene rings is 2. The van der Waals surface area contributed by atoms with Crippen molar-refractivity contribution >= 4 is 23.1 Å². The summed E-state index contributed by atoms with van der Waals surface area (Å²) in [6.07, 6.45) is 0. The number of nitrogens with zero attached hydrogens (tertiary/aromatic N) is 4. The summed E-state index contributed by atoms with van der Waals surface area (Å²) in [5.74, 6) is 0.527. The van der Waals surface area contributed by atoms with Crippen molar-refractivity contribution in [3.8, 4) is 11.5 Å². The van der Waals surface area contributed by atoms with Crippen LogP contribution in [0, 0.1) is 0 Å². The highest BCUT2D eigenvalue weighted by atomic mass is 35.5. The Balaban J connectivity index is 1.74. The van der Waals surface area contributed by atoms with Gasteiger partial charge in [0.2, 0.25) is 11.8 Å². The molecule has 0 aliphatic carbocycles. The zero-order valence-electron chi connectivity index (χ0n) is 18.4. The first-order valence-corrected chi connectivity index (χ1v) is 10.8. The number of methoxy groups -OCH3 is 1. The van der Waals surface area contributed by atoms with Gasteiger partial charge < -0.3 is 19.8 Å². The molecule has 34 heavy (non-hydrogen) atoms. The van der Waals surface area contributed by atoms with Crippen molar-refractivity contribution < 1.29 is 9.15 Å². The van der Waals surface area contributed by atoms with E-state index in [-0.39, 0.29) is 43.0 Å². The smallest absolute Gasteiger partial charge is 0.330 e. The normalized spacial score (nSPS) is 11.0. The Morgan fingerprint density at radius 1 is 1.09 bits per heavy atom. The highest BCUT2D eigenvalue weighted by Crippen LogP contribution is 2.27. The number of nitrogens with two attached hydrogens (primary N) is 1. The van der Waals surface area contributed by atoms with Crippen molar-refractivity contribution in [2.75, 3.05) is 24.4 Å². The second-order valence-corrected chi connectivity index (χ2v) is 7.87. The summed E-state index contributed by atoms with van der Waals surface area (Å²) in [5.41, 5.74) is 6.73. The maximum Gasteiger partial charge on any atom is 0.330 e. The predicted octanol–water partition coefficient (Wildman–Crippen LogP) is 2.68. The molecule has 0 bridgehead atoms. The summed E-state index contributed by atoms with van der Waals surface area (Å²) in [4.78, 5) is 29.3. The van der Waals surface area contributed by atoms with Crippen LogP contribution in [0.5, 0.6) is 0 Å². The van der Waals surface area contributed by atoms with E-state index in [4.69, 9.17) is 26.5 Å². The van der Waals surface area contributed by atoms with Crippen molar-refractivity contribution in [3.05, 3.63) is 91.9 Å². The highest BCUT2D eigenvalue weighted by Gasteiger charge is 2.22. The number of hydrogen-bond acceptors (Lipinski definition) is 8. The van der Waals surface area contributed by atoms with E-state index >= 15 is 0 Å². The highest BCUT2D eigenvalue weighted by molar-refractivity contribution is 6.33. The van der Waals surface area contributed by atoms with E-state index in [0.29, 0.717) is 17.1 Å². The third kappa shape index (κ3) is 5.03. The van der Waals surface area contributed by atoms with Crippen LogP contribution in [0.4, 0.5) is 11.5 Å². The minimum atomic E-state index is -0.613. The van der Waals surface area contributed by atoms with E-state index in [1.54, 1.807) is 23.1 Å². The Labute approximate surface area is 199 Å². The zero-order valence-corrected chi connectivity index (χ0v) is 19.2. The van der Waals surface area contributed by atoms with E-state index in [9.17, 15) is 9.59 Å². The van der Waals surface area contributed by atoms with E-state index in [1.165, 1.54) is 11.7 Å². The Morgan fingerprint density at radius 2 is 1.82 bits per heavy atom. The molecule has 10 nitrogen and oxygen atoms in total. The number of rotatable bonds is 9. The van der Waals surface area contributed by atoms with Gasteiger partial charge in [-0.25, -0.2) is 4.79 Å². The number of hydrogen-bond donors (Lipinski definition) is 2. The summed E-state index contributed by atoms with van der Waals surface area (Å²) in [7, 11) is 1.52. The zero-order chi connectivity index (χ0) is 24.1. The molecule has 2 heterocycles. The minimum Gasteiger partial charge on any atom is -0.419 e. The second-order valence-electron chi connectivity index (χ2n) is 7.46. The Hall–Kier alpha value is -3.89. The van der Waals surface area contributed by atoms with Crippen molar-refractivity contribution in [2.45, 2.75) is 19.6 Å². The number of anilines is 2. The maximum atomic E-state index is 12.9. The van der Waals surface area contributed by atoms with Crippen LogP contribution in [0.3, 0.4) is 0 Å². The van der Waals surface area contributed by atoms with Gasteiger partial charge in [-0.3, -0.25) is 14.3 Å². The number of nitrogens with one attached hydrogen (secondary N) is 1. The van der Waals surface area contributed by atoms with Crippen LogP contribution in [0.25, 0.3) is 11.5 Å². The summed E-state index contributed by atoms with van der Waals surface area (Å²) in [6.45, 7) is 0.809. The summed E-state index contributed by atoms with van der Waals surface area (Å²) in [5, 5.41) is 8.71. The molecule has 0 saturated carbocycles. The van der Waals surface area contributed by atoms with Crippen molar-refractivity contribution in [2.24, 2.45) is 0 Å². The van der Waals surface area contributed by atoms with Gasteiger partial charge in [-0.05, 0) is 17.7 Å². The molecule has 2 aromatic carbocycles. The van der Waals surface area contributed by atoms with Gasteiger partial charge in [0.15, 0.2) is 0 Å². The third-order valence-electron chi connectivity index (χ3n) is 5.16. The SMILES string of the molecule is COCCn1c(N)c(N(Cc2ccccc2)Cc2nnc(-c3ccccc3Cl)o2)c(=O)[nH]c1=O. The Morgan fingerprint density at radius 3 is 2.56 bits per heavy atom. The lowest BCUT2D eigenvalue weighted by Gasteiger charge is -2.25. The molecular weight excluding hydrogens is 460 g/mol. The van der Waals surface area contributed by atoms with Crippen LogP contribution in [-0.2, 0) is 24.4 Å². The van der Waals surface area contributed by atoms with E-state index in [0.717, 1.165) is 5.56 Å². The molecular formula is C23H23ClN6O4. The van der Waals surface area contributed by atoms with Crippen molar-refractivity contribution in [1.82, 2.24) is 19.7 Å². The van der Waals surface area contributed by atoms with Gasteiger partial charge in [0, 0.05) is 13.7 Å². The molecule has 11 heteroatoms. The largest absolute Gasteiger partial charge is 0.419 e. The van der Waals surface area contributed by atoms with E-state index in [1.807, 2.05) is 36.4 Å². The first-order chi connectivity index (χ1) is 16.5. The predicted molar refractivity (Wildman–Crippen MR) is 129 cm³/mol. The molecule has 0 unspecified atom stereocenters.